The summed E-state index contributed by atoms with van der Waals surface area (Å²) in [5.74, 6) is -0.680. The first-order chi connectivity index (χ1) is 17.7. The Morgan fingerprint density at radius 2 is 1.45 bits per heavy atom. The molecule has 3 aromatic rings. The maximum Gasteiger partial charge on any atom is 0.329 e. The number of sulfone groups is 1. The molecule has 0 unspecified atom stereocenters. The van der Waals surface area contributed by atoms with Crippen LogP contribution in [-0.2, 0) is 31.5 Å². The van der Waals surface area contributed by atoms with Gasteiger partial charge in [0.15, 0.2) is 9.84 Å². The van der Waals surface area contributed by atoms with E-state index < -0.39 is 33.5 Å². The molecule has 3 aromatic carbocycles. The monoisotopic (exact) mass is 536 g/mol. The molecule has 2 N–H and O–H groups in total. The summed E-state index contributed by atoms with van der Waals surface area (Å²) in [5.41, 5.74) is 3.73. The number of nitrogens with one attached hydrogen (secondary N) is 2. The van der Waals surface area contributed by atoms with Gasteiger partial charge in [-0.1, -0.05) is 60.2 Å². The molecule has 0 saturated heterocycles. The van der Waals surface area contributed by atoms with Crippen molar-refractivity contribution < 1.29 is 22.7 Å². The second kappa shape index (κ2) is 11.8. The van der Waals surface area contributed by atoms with Gasteiger partial charge in [0.25, 0.3) is 0 Å². The van der Waals surface area contributed by atoms with Gasteiger partial charge >= 0.3 is 12.0 Å². The second-order valence-electron chi connectivity index (χ2n) is 10.6. The molecule has 38 heavy (non-hydrogen) atoms. The number of benzene rings is 3. The zero-order valence-corrected chi connectivity index (χ0v) is 23.6. The summed E-state index contributed by atoms with van der Waals surface area (Å²) >= 11 is 0. The fourth-order valence-corrected chi connectivity index (χ4v) is 6.25. The van der Waals surface area contributed by atoms with E-state index in [1.54, 1.807) is 58.9 Å². The topological polar surface area (TPSA) is 102 Å². The Morgan fingerprint density at radius 1 is 0.868 bits per heavy atom. The Bertz CT molecular complexity index is 1370. The lowest BCUT2D eigenvalue weighted by atomic mass is 10.1. The molecule has 1 atom stereocenters. The van der Waals surface area contributed by atoms with Crippen molar-refractivity contribution >= 4 is 27.5 Å². The Hall–Kier alpha value is -3.65. The Morgan fingerprint density at radius 3 is 2.00 bits per heavy atom. The SMILES string of the molecule is Cc1cc(C)c(S(=O)(=O)Cc2ccc(NC(=O)N[C@@H](Cc3ccccc3)C(=O)OC(C)(C)C)cc2)c(C)c1. The normalized spacial score (nSPS) is 12.5. The smallest absolute Gasteiger partial charge is 0.329 e. The minimum Gasteiger partial charge on any atom is -0.458 e. The lowest BCUT2D eigenvalue weighted by Crippen LogP contribution is -2.47. The zero-order valence-electron chi connectivity index (χ0n) is 22.8. The van der Waals surface area contributed by atoms with E-state index in [9.17, 15) is 18.0 Å². The Balaban J connectivity index is 1.69. The number of ether oxygens (including phenoxy) is 1. The van der Waals surface area contributed by atoms with E-state index in [1.165, 1.54) is 0 Å². The van der Waals surface area contributed by atoms with Crippen LogP contribution in [0.25, 0.3) is 0 Å². The van der Waals surface area contributed by atoms with Gasteiger partial charge < -0.3 is 15.4 Å². The van der Waals surface area contributed by atoms with Gasteiger partial charge in [-0.05, 0) is 75.9 Å². The Kier molecular flexibility index (Phi) is 8.99. The molecule has 3 rings (SSSR count). The first-order valence-electron chi connectivity index (χ1n) is 12.5. The van der Waals surface area contributed by atoms with E-state index in [-0.39, 0.29) is 12.2 Å². The van der Waals surface area contributed by atoms with E-state index >= 15 is 0 Å². The summed E-state index contributed by atoms with van der Waals surface area (Å²) in [6.07, 6.45) is 0.276. The van der Waals surface area contributed by atoms with Crippen LogP contribution in [0.15, 0.2) is 71.6 Å². The van der Waals surface area contributed by atoms with Crippen LogP contribution in [0.4, 0.5) is 10.5 Å². The van der Waals surface area contributed by atoms with Gasteiger partial charge in [-0.25, -0.2) is 18.0 Å². The summed E-state index contributed by atoms with van der Waals surface area (Å²) in [5, 5.41) is 5.42. The van der Waals surface area contributed by atoms with Gasteiger partial charge in [0.2, 0.25) is 0 Å². The van der Waals surface area contributed by atoms with E-state index in [0.29, 0.717) is 16.1 Å². The molecule has 8 heteroatoms. The third-order valence-electron chi connectivity index (χ3n) is 5.76. The van der Waals surface area contributed by atoms with Gasteiger partial charge in [-0.15, -0.1) is 0 Å². The average molecular weight is 537 g/mol. The molecule has 0 aliphatic heterocycles. The number of urea groups is 1. The predicted octanol–water partition coefficient (Wildman–Crippen LogP) is 5.66. The van der Waals surface area contributed by atoms with Crippen LogP contribution < -0.4 is 10.6 Å². The van der Waals surface area contributed by atoms with Gasteiger partial charge in [0.05, 0.1) is 10.6 Å². The fourth-order valence-electron chi connectivity index (χ4n) is 4.37. The first-order valence-corrected chi connectivity index (χ1v) is 14.1. The van der Waals surface area contributed by atoms with Crippen LogP contribution in [0, 0.1) is 20.8 Å². The molecule has 202 valence electrons. The highest BCUT2D eigenvalue weighted by Crippen LogP contribution is 2.26. The van der Waals surface area contributed by atoms with Crippen LogP contribution in [0.2, 0.25) is 0 Å². The lowest BCUT2D eigenvalue weighted by Gasteiger charge is -2.24. The number of esters is 1. The highest BCUT2D eigenvalue weighted by Gasteiger charge is 2.27. The number of hydrogen-bond acceptors (Lipinski definition) is 5. The summed E-state index contributed by atoms with van der Waals surface area (Å²) < 4.78 is 31.8. The van der Waals surface area contributed by atoms with E-state index in [0.717, 1.165) is 22.3 Å². The molecular formula is C30H36N2O5S. The zero-order chi connectivity index (χ0) is 28.1. The molecule has 0 heterocycles. The van der Waals surface area contributed by atoms with E-state index in [1.807, 2.05) is 49.4 Å². The van der Waals surface area contributed by atoms with Gasteiger partial charge in [0.1, 0.15) is 11.6 Å². The summed E-state index contributed by atoms with van der Waals surface area (Å²) in [4.78, 5) is 25.9. The van der Waals surface area contributed by atoms with Crippen LogP contribution >= 0.6 is 0 Å². The molecule has 0 spiro atoms. The molecular weight excluding hydrogens is 500 g/mol. The van der Waals surface area contributed by atoms with Gasteiger partial charge in [-0.2, -0.15) is 0 Å². The molecule has 0 aliphatic carbocycles. The van der Waals surface area contributed by atoms with Crippen molar-refractivity contribution in [1.82, 2.24) is 5.32 Å². The van der Waals surface area contributed by atoms with Crippen molar-refractivity contribution in [1.29, 1.82) is 0 Å². The molecule has 0 bridgehead atoms. The van der Waals surface area contributed by atoms with Crippen molar-refractivity contribution in [2.45, 2.75) is 70.3 Å². The minimum atomic E-state index is -3.55. The van der Waals surface area contributed by atoms with Crippen molar-refractivity contribution in [3.05, 3.63) is 94.5 Å². The molecule has 0 radical (unpaired) electrons. The van der Waals surface area contributed by atoms with Crippen LogP contribution in [0.1, 0.15) is 48.6 Å². The molecule has 0 saturated carbocycles. The number of amides is 2. The molecule has 0 aliphatic rings. The number of aryl methyl sites for hydroxylation is 3. The van der Waals surface area contributed by atoms with Crippen molar-refractivity contribution in [2.75, 3.05) is 5.32 Å². The molecule has 0 aromatic heterocycles. The first kappa shape index (κ1) is 28.9. The predicted molar refractivity (Wildman–Crippen MR) is 150 cm³/mol. The summed E-state index contributed by atoms with van der Waals surface area (Å²) in [6, 6.07) is 18.3. The lowest BCUT2D eigenvalue weighted by molar-refractivity contribution is -0.157. The maximum absolute atomic E-state index is 13.1. The Labute approximate surface area is 225 Å². The molecule has 2 amide bonds. The molecule has 7 nitrogen and oxygen atoms in total. The standard InChI is InChI=1S/C30H36N2O5S/c1-20-16-21(2)27(22(3)17-20)38(35,36)19-24-12-14-25(15-13-24)31-29(34)32-26(28(33)37-30(4,5)6)18-23-10-8-7-9-11-23/h7-17,26H,18-19H2,1-6H3,(H2,31,32,34)/t26-/m0/s1. The highest BCUT2D eigenvalue weighted by molar-refractivity contribution is 7.90. The fraction of sp³-hybridized carbons (Fsp3) is 0.333. The van der Waals surface area contributed by atoms with E-state index in [4.69, 9.17) is 4.74 Å². The largest absolute Gasteiger partial charge is 0.458 e. The quantitative estimate of drug-likeness (QED) is 0.362. The average Bonchev–Trinajstić information content (AvgIpc) is 2.78. The minimum absolute atomic E-state index is 0.151. The number of rotatable bonds is 8. The number of carbonyl (C=O) groups is 2. The third-order valence-corrected chi connectivity index (χ3v) is 7.74. The molecule has 0 fully saturated rings. The van der Waals surface area contributed by atoms with Crippen LogP contribution in [-0.4, -0.2) is 32.1 Å². The second-order valence-corrected chi connectivity index (χ2v) is 12.5. The van der Waals surface area contributed by atoms with Crippen molar-refractivity contribution in [3.63, 3.8) is 0 Å². The maximum atomic E-state index is 13.1. The summed E-state index contributed by atoms with van der Waals surface area (Å²) in [6.45, 7) is 10.9. The van der Waals surface area contributed by atoms with Crippen LogP contribution in [0.3, 0.4) is 0 Å². The summed E-state index contributed by atoms with van der Waals surface area (Å²) in [7, 11) is -3.55. The third kappa shape index (κ3) is 8.18. The van der Waals surface area contributed by atoms with Gasteiger partial charge in [0, 0.05) is 12.1 Å². The number of hydrogen-bond donors (Lipinski definition) is 2. The highest BCUT2D eigenvalue weighted by atomic mass is 32.2. The van der Waals surface area contributed by atoms with Crippen LogP contribution in [0.5, 0.6) is 0 Å². The number of anilines is 1. The van der Waals surface area contributed by atoms with Crippen molar-refractivity contribution in [2.24, 2.45) is 0 Å². The number of carbonyl (C=O) groups excluding carboxylic acids is 2. The van der Waals surface area contributed by atoms with Crippen molar-refractivity contribution in [3.8, 4) is 0 Å². The van der Waals surface area contributed by atoms with E-state index in [2.05, 4.69) is 10.6 Å². The van der Waals surface area contributed by atoms with Gasteiger partial charge in [-0.3, -0.25) is 0 Å².